The highest BCUT2D eigenvalue weighted by atomic mass is 79.9. The smallest absolute Gasteiger partial charge is 0.231 e. The van der Waals surface area contributed by atoms with Crippen molar-refractivity contribution in [3.63, 3.8) is 0 Å². The van der Waals surface area contributed by atoms with Gasteiger partial charge in [-0.25, -0.2) is 4.98 Å². The molecule has 0 atom stereocenters. The van der Waals surface area contributed by atoms with Crippen LogP contribution in [-0.2, 0) is 13.1 Å². The molecule has 0 saturated carbocycles. The van der Waals surface area contributed by atoms with Gasteiger partial charge in [-0.05, 0) is 31.5 Å². The van der Waals surface area contributed by atoms with Crippen LogP contribution in [0.4, 0.5) is 0 Å². The molecule has 1 aromatic heterocycles. The predicted molar refractivity (Wildman–Crippen MR) is 76.8 cm³/mol. The fourth-order valence-electron chi connectivity index (χ4n) is 2.01. The van der Waals surface area contributed by atoms with E-state index in [-0.39, 0.29) is 6.79 Å². The van der Waals surface area contributed by atoms with Crippen LogP contribution in [0.2, 0.25) is 0 Å². The molecule has 0 radical (unpaired) electrons. The summed E-state index contributed by atoms with van der Waals surface area (Å²) in [7, 11) is 0. The van der Waals surface area contributed by atoms with Crippen LogP contribution in [0.1, 0.15) is 22.9 Å². The first kappa shape index (κ1) is 13.5. The molecule has 3 rings (SSSR count). The van der Waals surface area contributed by atoms with Crippen molar-refractivity contribution in [2.45, 2.75) is 26.9 Å². The molecular weight excluding hydrogens is 324 g/mol. The number of nitrogens with zero attached hydrogens (tertiary/aromatic N) is 1. The van der Waals surface area contributed by atoms with E-state index in [1.54, 1.807) is 0 Å². The Morgan fingerprint density at radius 3 is 2.65 bits per heavy atom. The normalized spacial score (nSPS) is 12.9. The zero-order valence-corrected chi connectivity index (χ0v) is 12.9. The lowest BCUT2D eigenvalue weighted by atomic mass is 10.2. The number of ether oxygens (including phenoxy) is 2. The van der Waals surface area contributed by atoms with Gasteiger partial charge in [0.1, 0.15) is 5.76 Å². The second-order valence-electron chi connectivity index (χ2n) is 4.65. The first-order valence-corrected chi connectivity index (χ1v) is 7.14. The Morgan fingerprint density at radius 1 is 1.20 bits per heavy atom. The number of halogens is 1. The van der Waals surface area contributed by atoms with Crippen molar-refractivity contribution in [1.82, 2.24) is 10.3 Å². The van der Waals surface area contributed by atoms with E-state index >= 15 is 0 Å². The Morgan fingerprint density at radius 2 is 1.95 bits per heavy atom. The van der Waals surface area contributed by atoms with Crippen LogP contribution in [0.15, 0.2) is 21.0 Å². The van der Waals surface area contributed by atoms with Crippen molar-refractivity contribution in [2.24, 2.45) is 0 Å². The van der Waals surface area contributed by atoms with Crippen molar-refractivity contribution in [3.05, 3.63) is 39.5 Å². The number of rotatable bonds is 4. The second kappa shape index (κ2) is 5.46. The number of aromatic nitrogens is 1. The molecule has 2 aromatic rings. The molecule has 1 aliphatic rings. The minimum Gasteiger partial charge on any atom is -0.454 e. The molecule has 6 heteroatoms. The van der Waals surface area contributed by atoms with Gasteiger partial charge in [-0.15, -0.1) is 0 Å². The Hall–Kier alpha value is -1.53. The number of hydrogen-bond acceptors (Lipinski definition) is 5. The van der Waals surface area contributed by atoms with Crippen molar-refractivity contribution in [1.29, 1.82) is 0 Å². The fraction of sp³-hybridized carbons (Fsp3) is 0.357. The van der Waals surface area contributed by atoms with Crippen LogP contribution in [0, 0.1) is 13.8 Å². The van der Waals surface area contributed by atoms with Crippen LogP contribution in [0.3, 0.4) is 0 Å². The Balaban J connectivity index is 1.64. The molecule has 1 aromatic carbocycles. The summed E-state index contributed by atoms with van der Waals surface area (Å²) < 4.78 is 17.2. The van der Waals surface area contributed by atoms with Gasteiger partial charge in [0.2, 0.25) is 12.7 Å². The maximum absolute atomic E-state index is 5.53. The van der Waals surface area contributed by atoms with E-state index in [4.69, 9.17) is 13.9 Å². The maximum atomic E-state index is 5.53. The highest BCUT2D eigenvalue weighted by Crippen LogP contribution is 2.36. The molecule has 5 nitrogen and oxygen atoms in total. The summed E-state index contributed by atoms with van der Waals surface area (Å²) in [5.74, 6) is 3.13. The first-order chi connectivity index (χ1) is 9.63. The third-order valence-corrected chi connectivity index (χ3v) is 3.94. The lowest BCUT2D eigenvalue weighted by Crippen LogP contribution is -2.13. The quantitative estimate of drug-likeness (QED) is 0.928. The molecule has 1 N–H and O–H groups in total. The summed E-state index contributed by atoms with van der Waals surface area (Å²) in [6, 6.07) is 3.91. The Bertz CT molecular complexity index is 620. The zero-order valence-electron chi connectivity index (χ0n) is 11.3. The molecule has 1 aliphatic heterocycles. The molecule has 0 saturated heterocycles. The third-order valence-electron chi connectivity index (χ3n) is 3.21. The van der Waals surface area contributed by atoms with Crippen LogP contribution in [0.25, 0.3) is 0 Å². The van der Waals surface area contributed by atoms with Gasteiger partial charge in [0.25, 0.3) is 0 Å². The van der Waals surface area contributed by atoms with Gasteiger partial charge >= 0.3 is 0 Å². The van der Waals surface area contributed by atoms with Gasteiger partial charge < -0.3 is 19.2 Å². The summed E-state index contributed by atoms with van der Waals surface area (Å²) in [6.45, 7) is 5.43. The number of oxazole rings is 1. The predicted octanol–water partition coefficient (Wildman–Crippen LogP) is 3.07. The van der Waals surface area contributed by atoms with Crippen molar-refractivity contribution < 1.29 is 13.9 Å². The van der Waals surface area contributed by atoms with E-state index in [1.165, 1.54) is 0 Å². The number of hydrogen-bond donors (Lipinski definition) is 1. The van der Waals surface area contributed by atoms with E-state index in [2.05, 4.69) is 26.2 Å². The van der Waals surface area contributed by atoms with Crippen molar-refractivity contribution >= 4 is 15.9 Å². The molecule has 0 aliphatic carbocycles. The average molecular weight is 339 g/mol. The molecule has 106 valence electrons. The number of aryl methyl sites for hydroxylation is 2. The SMILES string of the molecule is Cc1nc(CNCc2cc3c(cc2Br)OCO3)oc1C. The van der Waals surface area contributed by atoms with E-state index in [0.717, 1.165) is 33.0 Å². The Labute approximate surface area is 125 Å². The van der Waals surface area contributed by atoms with Crippen molar-refractivity contribution in [2.75, 3.05) is 6.79 Å². The fourth-order valence-corrected chi connectivity index (χ4v) is 2.48. The monoisotopic (exact) mass is 338 g/mol. The van der Waals surface area contributed by atoms with E-state index in [9.17, 15) is 0 Å². The van der Waals surface area contributed by atoms with Gasteiger partial charge in [0.15, 0.2) is 11.5 Å². The number of fused-ring (bicyclic) bond motifs is 1. The zero-order chi connectivity index (χ0) is 14.1. The summed E-state index contributed by atoms with van der Waals surface area (Å²) in [5.41, 5.74) is 2.04. The van der Waals surface area contributed by atoms with E-state index < -0.39 is 0 Å². The minimum atomic E-state index is 0.285. The highest BCUT2D eigenvalue weighted by Gasteiger charge is 2.16. The largest absolute Gasteiger partial charge is 0.454 e. The van der Waals surface area contributed by atoms with Crippen LogP contribution >= 0.6 is 15.9 Å². The average Bonchev–Trinajstić information content (AvgIpc) is 2.97. The van der Waals surface area contributed by atoms with Crippen LogP contribution in [-0.4, -0.2) is 11.8 Å². The molecule has 20 heavy (non-hydrogen) atoms. The van der Waals surface area contributed by atoms with E-state index in [0.29, 0.717) is 19.0 Å². The minimum absolute atomic E-state index is 0.285. The summed E-state index contributed by atoms with van der Waals surface area (Å²) in [5, 5.41) is 3.31. The van der Waals surface area contributed by atoms with Gasteiger partial charge in [0.05, 0.1) is 12.2 Å². The number of benzene rings is 1. The molecule has 0 fully saturated rings. The van der Waals surface area contributed by atoms with Gasteiger partial charge in [-0.1, -0.05) is 15.9 Å². The molecule has 0 bridgehead atoms. The first-order valence-electron chi connectivity index (χ1n) is 6.35. The lowest BCUT2D eigenvalue weighted by Gasteiger charge is -2.07. The van der Waals surface area contributed by atoms with Gasteiger partial charge in [-0.3, -0.25) is 0 Å². The second-order valence-corrected chi connectivity index (χ2v) is 5.50. The molecule has 0 amide bonds. The topological polar surface area (TPSA) is 56.5 Å². The van der Waals surface area contributed by atoms with Crippen LogP contribution in [0.5, 0.6) is 11.5 Å². The molecular formula is C14H15BrN2O3. The summed E-state index contributed by atoms with van der Waals surface area (Å²) in [4.78, 5) is 4.34. The highest BCUT2D eigenvalue weighted by molar-refractivity contribution is 9.10. The van der Waals surface area contributed by atoms with Crippen molar-refractivity contribution in [3.8, 4) is 11.5 Å². The van der Waals surface area contributed by atoms with Crippen LogP contribution < -0.4 is 14.8 Å². The lowest BCUT2D eigenvalue weighted by molar-refractivity contribution is 0.174. The summed E-state index contributed by atoms with van der Waals surface area (Å²) in [6.07, 6.45) is 0. The molecule has 0 unspecified atom stereocenters. The molecule has 2 heterocycles. The standard InChI is InChI=1S/C14H15BrN2O3/c1-8-9(2)20-14(17-8)6-16-5-10-3-12-13(4-11(10)15)19-7-18-12/h3-4,16H,5-7H2,1-2H3. The summed E-state index contributed by atoms with van der Waals surface area (Å²) >= 11 is 3.54. The van der Waals surface area contributed by atoms with E-state index in [1.807, 2.05) is 26.0 Å². The maximum Gasteiger partial charge on any atom is 0.231 e. The number of nitrogens with one attached hydrogen (secondary N) is 1. The van der Waals surface area contributed by atoms with Gasteiger partial charge in [-0.2, -0.15) is 0 Å². The van der Waals surface area contributed by atoms with Gasteiger partial charge in [0, 0.05) is 11.0 Å². The third kappa shape index (κ3) is 2.66. The Kier molecular flexibility index (Phi) is 3.67. The molecule has 0 spiro atoms.